The van der Waals surface area contributed by atoms with Gasteiger partial charge in [0.25, 0.3) is 0 Å². The normalized spacial score (nSPS) is 18.5. The smallest absolute Gasteiger partial charge is 0.195 e. The van der Waals surface area contributed by atoms with E-state index in [4.69, 9.17) is 11.5 Å². The molecular formula is C19H27N7O. The Balaban J connectivity index is 1.69. The fourth-order valence-corrected chi connectivity index (χ4v) is 3.36. The van der Waals surface area contributed by atoms with Gasteiger partial charge in [0.1, 0.15) is 5.75 Å². The number of hydrogen-bond acceptors (Lipinski definition) is 5. The first-order valence-electron chi connectivity index (χ1n) is 8.95. The average Bonchev–Trinajstić information content (AvgIpc) is 3.30. The zero-order valence-electron chi connectivity index (χ0n) is 15.8. The monoisotopic (exact) mass is 369 g/mol. The van der Waals surface area contributed by atoms with Gasteiger partial charge in [0.2, 0.25) is 0 Å². The van der Waals surface area contributed by atoms with E-state index in [1.54, 1.807) is 24.5 Å². The van der Waals surface area contributed by atoms with Gasteiger partial charge in [-0.25, -0.2) is 4.99 Å². The van der Waals surface area contributed by atoms with Gasteiger partial charge >= 0.3 is 0 Å². The number of nitrogens with two attached hydrogens (primary N) is 2. The van der Waals surface area contributed by atoms with Crippen molar-refractivity contribution in [1.82, 2.24) is 20.0 Å². The Morgan fingerprint density at radius 3 is 2.89 bits per heavy atom. The Morgan fingerprint density at radius 1 is 1.41 bits per heavy atom. The third kappa shape index (κ3) is 4.59. The minimum absolute atomic E-state index is 0.0865. The highest BCUT2D eigenvalue weighted by atomic mass is 16.3. The summed E-state index contributed by atoms with van der Waals surface area (Å²) >= 11 is 0. The number of benzene rings is 1. The second-order valence-electron chi connectivity index (χ2n) is 7.15. The van der Waals surface area contributed by atoms with E-state index in [0.29, 0.717) is 23.1 Å². The fraction of sp³-hybridized carbons (Fsp3) is 0.368. The van der Waals surface area contributed by atoms with Crippen LogP contribution in [0, 0.1) is 5.92 Å². The number of likely N-dealkylation sites (tertiary alicyclic amines) is 1. The molecule has 1 aliphatic rings. The number of guanidine groups is 1. The number of phenolic OH excluding ortho intramolecular Hbond substituents is 1. The summed E-state index contributed by atoms with van der Waals surface area (Å²) in [5, 5.41) is 17.0. The van der Waals surface area contributed by atoms with Crippen LogP contribution < -0.4 is 11.5 Å². The lowest BCUT2D eigenvalue weighted by Gasteiger charge is -2.18. The van der Waals surface area contributed by atoms with Crippen LogP contribution in [-0.2, 0) is 0 Å². The topological polar surface area (TPSA) is 120 Å². The Hall–Kier alpha value is -3.00. The molecule has 1 fully saturated rings. The van der Waals surface area contributed by atoms with Gasteiger partial charge in [-0.1, -0.05) is 6.07 Å². The van der Waals surface area contributed by atoms with Gasteiger partial charge in [0, 0.05) is 37.0 Å². The van der Waals surface area contributed by atoms with Gasteiger partial charge in [-0.2, -0.15) is 5.10 Å². The van der Waals surface area contributed by atoms with Gasteiger partial charge in [-0.3, -0.25) is 5.10 Å². The van der Waals surface area contributed by atoms with E-state index >= 15 is 0 Å². The number of hydrogen-bond donors (Lipinski definition) is 4. The molecule has 0 aliphatic carbocycles. The Labute approximate surface area is 159 Å². The van der Waals surface area contributed by atoms with Gasteiger partial charge in [0.15, 0.2) is 5.96 Å². The second-order valence-corrected chi connectivity index (χ2v) is 7.15. The molecule has 144 valence electrons. The summed E-state index contributed by atoms with van der Waals surface area (Å²) in [5.74, 6) is 1.13. The summed E-state index contributed by atoms with van der Waals surface area (Å²) in [6.07, 6.45) is 6.06. The lowest BCUT2D eigenvalue weighted by Crippen LogP contribution is -2.36. The van der Waals surface area contributed by atoms with Crippen molar-refractivity contribution in [3.05, 3.63) is 42.4 Å². The van der Waals surface area contributed by atoms with Crippen molar-refractivity contribution in [3.8, 4) is 16.9 Å². The molecule has 0 saturated carbocycles. The molecule has 8 nitrogen and oxygen atoms in total. The molecule has 3 rings (SSSR count). The van der Waals surface area contributed by atoms with Crippen LogP contribution in [0.25, 0.3) is 16.8 Å². The zero-order chi connectivity index (χ0) is 19.4. The first kappa shape index (κ1) is 18.8. The van der Waals surface area contributed by atoms with Crippen molar-refractivity contribution in [2.75, 3.05) is 33.7 Å². The molecule has 0 bridgehead atoms. The lowest BCUT2D eigenvalue weighted by atomic mass is 10.0. The quantitative estimate of drug-likeness (QED) is 0.465. The van der Waals surface area contributed by atoms with E-state index < -0.39 is 0 Å². The molecule has 2 aromatic rings. The van der Waals surface area contributed by atoms with Crippen LogP contribution in [0.5, 0.6) is 5.75 Å². The first-order chi connectivity index (χ1) is 12.9. The van der Waals surface area contributed by atoms with Gasteiger partial charge in [0.05, 0.1) is 18.1 Å². The molecule has 0 spiro atoms. The number of aromatic hydroxyl groups is 1. The highest BCUT2D eigenvalue weighted by Gasteiger charge is 2.23. The summed E-state index contributed by atoms with van der Waals surface area (Å²) in [7, 11) is 4.15. The number of aliphatic imine (C=N–C) groups is 1. The SMILES string of the molecule is CN(C)CC1CCN(C(N)=N/C=C(\N)c2ccc(-c3cn[nH]c3)cc2O)C1. The second kappa shape index (κ2) is 8.13. The number of phenols is 1. The lowest BCUT2D eigenvalue weighted by molar-refractivity contribution is 0.328. The summed E-state index contributed by atoms with van der Waals surface area (Å²) in [5.41, 5.74) is 14.8. The van der Waals surface area contributed by atoms with Crippen LogP contribution in [0.3, 0.4) is 0 Å². The van der Waals surface area contributed by atoms with E-state index in [1.165, 1.54) is 6.20 Å². The molecular weight excluding hydrogens is 342 g/mol. The number of aromatic nitrogens is 2. The van der Waals surface area contributed by atoms with Crippen molar-refractivity contribution < 1.29 is 5.11 Å². The summed E-state index contributed by atoms with van der Waals surface area (Å²) < 4.78 is 0. The summed E-state index contributed by atoms with van der Waals surface area (Å²) in [6.45, 7) is 2.83. The van der Waals surface area contributed by atoms with Gasteiger partial charge in [-0.15, -0.1) is 0 Å². The van der Waals surface area contributed by atoms with E-state index in [0.717, 1.165) is 37.2 Å². The Morgan fingerprint density at radius 2 is 2.22 bits per heavy atom. The van der Waals surface area contributed by atoms with Crippen molar-refractivity contribution in [1.29, 1.82) is 0 Å². The molecule has 27 heavy (non-hydrogen) atoms. The molecule has 1 aliphatic heterocycles. The molecule has 0 radical (unpaired) electrons. The van der Waals surface area contributed by atoms with Gasteiger partial charge < -0.3 is 26.4 Å². The fourth-order valence-electron chi connectivity index (χ4n) is 3.36. The van der Waals surface area contributed by atoms with Crippen LogP contribution in [0.2, 0.25) is 0 Å². The molecule has 2 heterocycles. The van der Waals surface area contributed by atoms with Crippen molar-refractivity contribution in [3.63, 3.8) is 0 Å². The number of nitrogens with zero attached hydrogens (tertiary/aromatic N) is 4. The first-order valence-corrected chi connectivity index (χ1v) is 8.95. The molecule has 1 aromatic carbocycles. The van der Waals surface area contributed by atoms with Crippen LogP contribution in [0.4, 0.5) is 0 Å². The maximum Gasteiger partial charge on any atom is 0.195 e. The van der Waals surface area contributed by atoms with Crippen molar-refractivity contribution in [2.45, 2.75) is 6.42 Å². The minimum atomic E-state index is 0.0865. The van der Waals surface area contributed by atoms with E-state index in [9.17, 15) is 5.11 Å². The van der Waals surface area contributed by atoms with Crippen LogP contribution >= 0.6 is 0 Å². The Bertz CT molecular complexity index is 827. The molecule has 0 amide bonds. The third-order valence-electron chi connectivity index (χ3n) is 4.71. The third-order valence-corrected chi connectivity index (χ3v) is 4.71. The number of rotatable bonds is 5. The molecule has 8 heteroatoms. The highest BCUT2D eigenvalue weighted by Crippen LogP contribution is 2.28. The zero-order valence-corrected chi connectivity index (χ0v) is 15.8. The van der Waals surface area contributed by atoms with Crippen molar-refractivity contribution >= 4 is 11.7 Å². The Kier molecular flexibility index (Phi) is 5.66. The standard InChI is InChI=1S/C19H27N7O/c1-25(2)11-13-5-6-26(12-13)19(21)22-10-17(20)16-4-3-14(7-18(16)27)15-8-23-24-9-15/h3-4,7-10,13,27H,5-6,11-12,20H2,1-2H3,(H2,21,22)(H,23,24)/b17-10-. The van der Waals surface area contributed by atoms with E-state index in [1.807, 2.05) is 6.07 Å². The van der Waals surface area contributed by atoms with Crippen molar-refractivity contribution in [2.24, 2.45) is 22.4 Å². The number of aromatic amines is 1. The van der Waals surface area contributed by atoms with Gasteiger partial charge in [-0.05, 0) is 44.1 Å². The largest absolute Gasteiger partial charge is 0.507 e. The summed E-state index contributed by atoms with van der Waals surface area (Å²) in [4.78, 5) is 8.56. The minimum Gasteiger partial charge on any atom is -0.507 e. The predicted octanol–water partition coefficient (Wildman–Crippen LogP) is 1.24. The maximum atomic E-state index is 10.3. The maximum absolute atomic E-state index is 10.3. The number of nitrogens with one attached hydrogen (secondary N) is 1. The summed E-state index contributed by atoms with van der Waals surface area (Å²) in [6, 6.07) is 5.29. The van der Waals surface area contributed by atoms with Crippen LogP contribution in [-0.4, -0.2) is 64.8 Å². The molecule has 1 atom stereocenters. The number of H-pyrrole nitrogens is 1. The molecule has 1 saturated heterocycles. The highest BCUT2D eigenvalue weighted by molar-refractivity contribution is 5.80. The average molecular weight is 369 g/mol. The van der Waals surface area contributed by atoms with E-state index in [-0.39, 0.29) is 5.75 Å². The molecule has 6 N–H and O–H groups in total. The van der Waals surface area contributed by atoms with E-state index in [2.05, 4.69) is 39.1 Å². The van der Waals surface area contributed by atoms with Crippen LogP contribution in [0.1, 0.15) is 12.0 Å². The molecule has 1 unspecified atom stereocenters. The molecule has 1 aromatic heterocycles. The van der Waals surface area contributed by atoms with Crippen LogP contribution in [0.15, 0.2) is 41.8 Å². The predicted molar refractivity (Wildman–Crippen MR) is 108 cm³/mol.